The predicted molar refractivity (Wildman–Crippen MR) is 124 cm³/mol. The van der Waals surface area contributed by atoms with Gasteiger partial charge in [0.1, 0.15) is 6.10 Å². The van der Waals surface area contributed by atoms with Gasteiger partial charge < -0.3 is 25.4 Å². The number of carboxylic acids is 1. The lowest BCUT2D eigenvalue weighted by Gasteiger charge is -2.32. The molecule has 0 spiro atoms. The van der Waals surface area contributed by atoms with Gasteiger partial charge in [-0.3, -0.25) is 4.79 Å². The lowest BCUT2D eigenvalue weighted by Crippen LogP contribution is -2.39. The first-order valence-electron chi connectivity index (χ1n) is 11.6. The summed E-state index contributed by atoms with van der Waals surface area (Å²) in [4.78, 5) is 37.4. The largest absolute Gasteiger partial charge is 0.481 e. The Balaban J connectivity index is 1.27. The number of amides is 3. The summed E-state index contributed by atoms with van der Waals surface area (Å²) < 4.78 is 32.0. The molecule has 0 unspecified atom stereocenters. The van der Waals surface area contributed by atoms with Crippen LogP contribution in [0.5, 0.6) is 0 Å². The summed E-state index contributed by atoms with van der Waals surface area (Å²) in [6, 6.07) is 7.88. The highest BCUT2D eigenvalue weighted by Gasteiger charge is 2.28. The number of rotatable bonds is 5. The van der Waals surface area contributed by atoms with Crippen LogP contribution in [0.2, 0.25) is 0 Å². The van der Waals surface area contributed by atoms with E-state index in [9.17, 15) is 23.2 Å². The van der Waals surface area contributed by atoms with E-state index in [4.69, 9.17) is 9.84 Å². The van der Waals surface area contributed by atoms with Gasteiger partial charge in [-0.15, -0.1) is 0 Å². The summed E-state index contributed by atoms with van der Waals surface area (Å²) in [6.45, 7) is 0.870. The highest BCUT2D eigenvalue weighted by atomic mass is 19.2. The molecule has 2 aromatic carbocycles. The standard InChI is InChI=1S/C25H27F2N3O5/c26-21-8-5-19(13-22(21)27)29-24(33)28-18-4-3-17-14-30(10-9-16(17)12-18)25(34)35-20-6-1-15(2-7-20)11-23(31)32/h3-5,8,12-13,15,20H,1-2,6-7,9-11,14H2,(H,31,32)(H2,28,29,33). The molecule has 0 atom stereocenters. The highest BCUT2D eigenvalue weighted by molar-refractivity contribution is 5.99. The second kappa shape index (κ2) is 10.7. The zero-order valence-electron chi connectivity index (χ0n) is 19.1. The minimum atomic E-state index is -1.05. The number of benzene rings is 2. The Bertz CT molecular complexity index is 1120. The van der Waals surface area contributed by atoms with Crippen LogP contribution in [0.4, 0.5) is 29.7 Å². The lowest BCUT2D eigenvalue weighted by atomic mass is 9.85. The number of urea groups is 1. The maximum atomic E-state index is 13.3. The molecule has 1 heterocycles. The van der Waals surface area contributed by atoms with Gasteiger partial charge in [-0.2, -0.15) is 0 Å². The van der Waals surface area contributed by atoms with Crippen molar-refractivity contribution in [2.45, 2.75) is 51.2 Å². The average molecular weight is 488 g/mol. The maximum absolute atomic E-state index is 13.3. The van der Waals surface area contributed by atoms with E-state index < -0.39 is 23.6 Å². The van der Waals surface area contributed by atoms with Gasteiger partial charge in [-0.1, -0.05) is 6.07 Å². The Morgan fingerprint density at radius 2 is 1.63 bits per heavy atom. The van der Waals surface area contributed by atoms with Gasteiger partial charge in [0.25, 0.3) is 0 Å². The number of carboxylic acid groups (broad SMARTS) is 1. The van der Waals surface area contributed by atoms with Crippen molar-refractivity contribution in [3.63, 3.8) is 0 Å². The van der Waals surface area contributed by atoms with Crippen molar-refractivity contribution in [1.29, 1.82) is 0 Å². The number of fused-ring (bicyclic) bond motifs is 1. The van der Waals surface area contributed by atoms with Gasteiger partial charge in [0, 0.05) is 37.0 Å². The number of nitrogens with one attached hydrogen (secondary N) is 2. The summed E-state index contributed by atoms with van der Waals surface area (Å²) >= 11 is 0. The molecule has 1 saturated carbocycles. The predicted octanol–water partition coefficient (Wildman–Crippen LogP) is 5.14. The number of halogens is 2. The third-order valence-corrected chi connectivity index (χ3v) is 6.44. The summed E-state index contributed by atoms with van der Waals surface area (Å²) in [6.07, 6.45) is 3.03. The molecule has 0 aromatic heterocycles. The van der Waals surface area contributed by atoms with Gasteiger partial charge in [-0.05, 0) is 73.4 Å². The third-order valence-electron chi connectivity index (χ3n) is 6.44. The quantitative estimate of drug-likeness (QED) is 0.542. The molecule has 8 nitrogen and oxygen atoms in total. The Morgan fingerprint density at radius 1 is 0.943 bits per heavy atom. The van der Waals surface area contributed by atoms with E-state index in [1.807, 2.05) is 12.1 Å². The number of aliphatic carboxylic acids is 1. The second-order valence-corrected chi connectivity index (χ2v) is 8.99. The molecule has 10 heteroatoms. The zero-order chi connectivity index (χ0) is 24.9. The Morgan fingerprint density at radius 3 is 2.31 bits per heavy atom. The number of ether oxygens (including phenoxy) is 1. The van der Waals surface area contributed by atoms with Crippen LogP contribution in [0.3, 0.4) is 0 Å². The molecule has 4 rings (SSSR count). The first-order chi connectivity index (χ1) is 16.8. The normalized spacial score (nSPS) is 19.4. The van der Waals surface area contributed by atoms with E-state index in [0.29, 0.717) is 38.0 Å². The van der Waals surface area contributed by atoms with E-state index >= 15 is 0 Å². The maximum Gasteiger partial charge on any atom is 0.410 e. The van der Waals surface area contributed by atoms with Crippen molar-refractivity contribution in [2.75, 3.05) is 17.2 Å². The van der Waals surface area contributed by atoms with Crippen molar-refractivity contribution in [2.24, 2.45) is 5.92 Å². The monoisotopic (exact) mass is 487 g/mol. The van der Waals surface area contributed by atoms with Gasteiger partial charge in [0.2, 0.25) is 0 Å². The number of nitrogens with zero attached hydrogens (tertiary/aromatic N) is 1. The van der Waals surface area contributed by atoms with E-state index in [1.165, 1.54) is 6.07 Å². The van der Waals surface area contributed by atoms with Crippen LogP contribution in [-0.4, -0.2) is 40.7 Å². The molecule has 2 aliphatic rings. The van der Waals surface area contributed by atoms with E-state index in [-0.39, 0.29) is 30.2 Å². The third kappa shape index (κ3) is 6.46. The smallest absolute Gasteiger partial charge is 0.410 e. The topological polar surface area (TPSA) is 108 Å². The minimum Gasteiger partial charge on any atom is -0.481 e. The summed E-state index contributed by atoms with van der Waals surface area (Å²) in [5.74, 6) is -2.69. The second-order valence-electron chi connectivity index (χ2n) is 8.99. The van der Waals surface area contributed by atoms with Gasteiger partial charge in [0.15, 0.2) is 11.6 Å². The summed E-state index contributed by atoms with van der Waals surface area (Å²) in [5, 5.41) is 14.1. The van der Waals surface area contributed by atoms with Crippen LogP contribution in [0.1, 0.15) is 43.2 Å². The lowest BCUT2D eigenvalue weighted by molar-refractivity contribution is -0.138. The number of hydrogen-bond acceptors (Lipinski definition) is 4. The molecule has 3 amide bonds. The van der Waals surface area contributed by atoms with Crippen LogP contribution >= 0.6 is 0 Å². The molecule has 0 radical (unpaired) electrons. The van der Waals surface area contributed by atoms with Crippen molar-refractivity contribution < 1.29 is 33.0 Å². The molecule has 186 valence electrons. The van der Waals surface area contributed by atoms with Crippen LogP contribution < -0.4 is 10.6 Å². The average Bonchev–Trinajstić information content (AvgIpc) is 2.82. The zero-order valence-corrected chi connectivity index (χ0v) is 19.1. The fraction of sp³-hybridized carbons (Fsp3) is 0.400. The molecule has 1 fully saturated rings. The van der Waals surface area contributed by atoms with Crippen LogP contribution in [0.15, 0.2) is 36.4 Å². The summed E-state index contributed by atoms with van der Waals surface area (Å²) in [5.41, 5.74) is 2.61. The molecule has 35 heavy (non-hydrogen) atoms. The van der Waals surface area contributed by atoms with Crippen molar-refractivity contribution >= 4 is 29.5 Å². The molecular weight excluding hydrogens is 460 g/mol. The molecule has 1 aliphatic heterocycles. The number of carbonyl (C=O) groups is 3. The van der Waals surface area contributed by atoms with Gasteiger partial charge in [-0.25, -0.2) is 18.4 Å². The van der Waals surface area contributed by atoms with Crippen LogP contribution in [-0.2, 0) is 22.5 Å². The Labute approximate surface area is 201 Å². The Kier molecular flexibility index (Phi) is 7.48. The van der Waals surface area contributed by atoms with Crippen LogP contribution in [0.25, 0.3) is 0 Å². The molecule has 1 aliphatic carbocycles. The molecular formula is C25H27F2N3O5. The van der Waals surface area contributed by atoms with Crippen LogP contribution in [0, 0.1) is 17.6 Å². The first-order valence-corrected chi connectivity index (χ1v) is 11.6. The van der Waals surface area contributed by atoms with E-state index in [0.717, 1.165) is 36.1 Å². The molecule has 2 aromatic rings. The van der Waals surface area contributed by atoms with Gasteiger partial charge in [0.05, 0.1) is 0 Å². The SMILES string of the molecule is O=C(O)CC1CCC(OC(=O)N2CCc3cc(NC(=O)Nc4ccc(F)c(F)c4)ccc3C2)CC1. The number of carbonyl (C=O) groups excluding carboxylic acids is 2. The molecule has 3 N–H and O–H groups in total. The van der Waals surface area contributed by atoms with E-state index in [2.05, 4.69) is 10.6 Å². The molecule has 0 bridgehead atoms. The summed E-state index contributed by atoms with van der Waals surface area (Å²) in [7, 11) is 0. The van der Waals surface area contributed by atoms with Crippen molar-refractivity contribution in [1.82, 2.24) is 4.90 Å². The van der Waals surface area contributed by atoms with E-state index in [1.54, 1.807) is 11.0 Å². The number of anilines is 2. The first kappa shape index (κ1) is 24.4. The van der Waals surface area contributed by atoms with Crippen molar-refractivity contribution in [3.8, 4) is 0 Å². The fourth-order valence-corrected chi connectivity index (χ4v) is 4.57. The molecule has 0 saturated heterocycles. The van der Waals surface area contributed by atoms with Gasteiger partial charge >= 0.3 is 18.1 Å². The Hall–Kier alpha value is -3.69. The highest BCUT2D eigenvalue weighted by Crippen LogP contribution is 2.30. The minimum absolute atomic E-state index is 0.129. The fourth-order valence-electron chi connectivity index (χ4n) is 4.57. The van der Waals surface area contributed by atoms with Crippen molar-refractivity contribution in [3.05, 3.63) is 59.2 Å². The number of hydrogen-bond donors (Lipinski definition) is 3.